The molecule has 5 fully saturated rings. The number of hydrogen-bond donors (Lipinski definition) is 1. The third kappa shape index (κ3) is 0.631. The Bertz CT molecular complexity index is 376. The highest BCUT2D eigenvalue weighted by Crippen LogP contribution is 2.84. The maximum atomic E-state index is 10.9. The van der Waals surface area contributed by atoms with Crippen molar-refractivity contribution in [2.45, 2.75) is 51.0 Å². The van der Waals surface area contributed by atoms with Crippen molar-refractivity contribution in [1.82, 2.24) is 0 Å². The van der Waals surface area contributed by atoms with E-state index in [2.05, 4.69) is 6.92 Å². The average molecular weight is 218 g/mol. The Labute approximate surface area is 97.6 Å². The molecule has 0 heterocycles. The molecule has 16 heavy (non-hydrogen) atoms. The van der Waals surface area contributed by atoms with E-state index in [4.69, 9.17) is 0 Å². The van der Waals surface area contributed by atoms with Gasteiger partial charge in [0.2, 0.25) is 0 Å². The molecule has 4 bridgehead atoms. The van der Waals surface area contributed by atoms with Crippen molar-refractivity contribution in [1.29, 1.82) is 0 Å². The lowest BCUT2D eigenvalue weighted by atomic mass is 9.66. The monoisotopic (exact) mass is 218 g/mol. The van der Waals surface area contributed by atoms with Crippen molar-refractivity contribution in [3.63, 3.8) is 0 Å². The standard InChI is InChI=1S/C15H22O/c1-2-14-7-15(14,16)11-6-10(14)12-8-3-4-9(5-8)13(11)12/h8-13,16H,2-7H2,1H3. The fraction of sp³-hybridized carbons (Fsp3) is 1.00. The molecule has 1 N–H and O–H groups in total. The van der Waals surface area contributed by atoms with Crippen LogP contribution >= 0.6 is 0 Å². The highest BCUT2D eigenvalue weighted by Gasteiger charge is 2.84. The summed E-state index contributed by atoms with van der Waals surface area (Å²) in [5.41, 5.74) is 0.224. The molecule has 5 saturated carbocycles. The van der Waals surface area contributed by atoms with Crippen LogP contribution in [0, 0.1) is 40.9 Å². The molecule has 1 nitrogen and oxygen atoms in total. The van der Waals surface area contributed by atoms with Crippen LogP contribution < -0.4 is 0 Å². The van der Waals surface area contributed by atoms with Crippen LogP contribution in [0.25, 0.3) is 0 Å². The SMILES string of the molecule is CCC12CC1(O)C1CC2C2C3CCC(C3)C21. The van der Waals surface area contributed by atoms with Crippen LogP contribution in [0.4, 0.5) is 0 Å². The number of rotatable bonds is 1. The van der Waals surface area contributed by atoms with Crippen molar-refractivity contribution in [3.05, 3.63) is 0 Å². The largest absolute Gasteiger partial charge is 0.389 e. The van der Waals surface area contributed by atoms with E-state index >= 15 is 0 Å². The normalized spacial score (nSPS) is 73.1. The summed E-state index contributed by atoms with van der Waals surface area (Å²) in [6.07, 6.45) is 8.34. The van der Waals surface area contributed by atoms with Crippen molar-refractivity contribution in [2.24, 2.45) is 40.9 Å². The maximum absolute atomic E-state index is 10.9. The van der Waals surface area contributed by atoms with Crippen LogP contribution in [-0.2, 0) is 0 Å². The summed E-state index contributed by atoms with van der Waals surface area (Å²) in [6.45, 7) is 2.32. The zero-order chi connectivity index (χ0) is 10.7. The molecular weight excluding hydrogens is 196 g/mol. The van der Waals surface area contributed by atoms with E-state index in [1.54, 1.807) is 0 Å². The van der Waals surface area contributed by atoms with Gasteiger partial charge >= 0.3 is 0 Å². The highest BCUT2D eigenvalue weighted by atomic mass is 16.3. The summed E-state index contributed by atoms with van der Waals surface area (Å²) in [5.74, 6) is 5.73. The summed E-state index contributed by atoms with van der Waals surface area (Å²) >= 11 is 0. The van der Waals surface area contributed by atoms with Gasteiger partial charge in [0.1, 0.15) is 0 Å². The predicted octanol–water partition coefficient (Wildman–Crippen LogP) is 2.83. The second-order valence-corrected chi connectivity index (χ2v) is 7.55. The van der Waals surface area contributed by atoms with Gasteiger partial charge in [0.25, 0.3) is 0 Å². The fourth-order valence-electron chi connectivity index (χ4n) is 7.35. The zero-order valence-corrected chi connectivity index (χ0v) is 10.2. The minimum absolute atomic E-state index is 0.182. The third-order valence-electron chi connectivity index (χ3n) is 7.76. The van der Waals surface area contributed by atoms with Gasteiger partial charge in [-0.15, -0.1) is 0 Å². The molecule has 0 aliphatic heterocycles. The van der Waals surface area contributed by atoms with Crippen LogP contribution in [0.5, 0.6) is 0 Å². The van der Waals surface area contributed by atoms with E-state index in [9.17, 15) is 5.11 Å². The molecule has 0 aromatic carbocycles. The summed E-state index contributed by atoms with van der Waals surface area (Å²) < 4.78 is 0. The Morgan fingerprint density at radius 1 is 1.06 bits per heavy atom. The lowest BCUT2D eigenvalue weighted by Crippen LogP contribution is -2.40. The zero-order valence-electron chi connectivity index (χ0n) is 10.2. The average Bonchev–Trinajstić information content (AvgIpc) is 2.80. The molecule has 0 spiro atoms. The van der Waals surface area contributed by atoms with Gasteiger partial charge in [0.15, 0.2) is 0 Å². The van der Waals surface area contributed by atoms with Crippen LogP contribution in [0.1, 0.15) is 45.4 Å². The van der Waals surface area contributed by atoms with Crippen molar-refractivity contribution in [2.75, 3.05) is 0 Å². The smallest absolute Gasteiger partial charge is 0.0744 e. The molecule has 0 saturated heterocycles. The predicted molar refractivity (Wildman–Crippen MR) is 61.7 cm³/mol. The number of aliphatic hydroxyl groups is 1. The lowest BCUT2D eigenvalue weighted by Gasteiger charge is -2.40. The van der Waals surface area contributed by atoms with Crippen LogP contribution in [-0.4, -0.2) is 10.7 Å². The molecule has 1 heteroatoms. The quantitative estimate of drug-likeness (QED) is 0.671. The number of fused-ring (bicyclic) bond motifs is 12. The van der Waals surface area contributed by atoms with E-state index in [0.29, 0.717) is 5.41 Å². The molecule has 88 valence electrons. The Morgan fingerprint density at radius 2 is 1.75 bits per heavy atom. The molecule has 0 aromatic heterocycles. The maximum Gasteiger partial charge on any atom is 0.0744 e. The highest BCUT2D eigenvalue weighted by molar-refractivity contribution is 5.33. The van der Waals surface area contributed by atoms with E-state index in [1.165, 1.54) is 32.1 Å². The molecular formula is C15H22O. The fourth-order valence-corrected chi connectivity index (χ4v) is 7.35. The molecule has 8 atom stereocenters. The van der Waals surface area contributed by atoms with Gasteiger partial charge in [-0.25, -0.2) is 0 Å². The van der Waals surface area contributed by atoms with Gasteiger partial charge in [0, 0.05) is 5.41 Å². The van der Waals surface area contributed by atoms with Crippen molar-refractivity contribution in [3.8, 4) is 0 Å². The van der Waals surface area contributed by atoms with Crippen LogP contribution in [0.3, 0.4) is 0 Å². The Kier molecular flexibility index (Phi) is 1.26. The van der Waals surface area contributed by atoms with Gasteiger partial charge in [-0.3, -0.25) is 0 Å². The Morgan fingerprint density at radius 3 is 2.44 bits per heavy atom. The summed E-state index contributed by atoms with van der Waals surface area (Å²) in [5, 5.41) is 10.9. The van der Waals surface area contributed by atoms with Gasteiger partial charge in [-0.1, -0.05) is 6.92 Å². The van der Waals surface area contributed by atoms with Gasteiger partial charge in [-0.2, -0.15) is 0 Å². The molecule has 0 radical (unpaired) electrons. The molecule has 5 aliphatic rings. The first-order valence-electron chi connectivity index (χ1n) is 7.43. The van der Waals surface area contributed by atoms with E-state index in [1.807, 2.05) is 0 Å². The summed E-state index contributed by atoms with van der Waals surface area (Å²) in [4.78, 5) is 0. The van der Waals surface area contributed by atoms with Crippen LogP contribution in [0.15, 0.2) is 0 Å². The summed E-state index contributed by atoms with van der Waals surface area (Å²) in [6, 6.07) is 0. The first-order valence-corrected chi connectivity index (χ1v) is 7.43. The first-order chi connectivity index (χ1) is 7.71. The van der Waals surface area contributed by atoms with Crippen molar-refractivity contribution >= 4 is 0 Å². The second-order valence-electron chi connectivity index (χ2n) is 7.55. The number of hydrogen-bond acceptors (Lipinski definition) is 1. The minimum Gasteiger partial charge on any atom is -0.389 e. The van der Waals surface area contributed by atoms with Gasteiger partial charge in [0.05, 0.1) is 5.60 Å². The minimum atomic E-state index is -0.182. The molecule has 5 rings (SSSR count). The topological polar surface area (TPSA) is 20.2 Å². The molecule has 0 amide bonds. The summed E-state index contributed by atoms with van der Waals surface area (Å²) in [7, 11) is 0. The van der Waals surface area contributed by atoms with Crippen molar-refractivity contribution < 1.29 is 5.11 Å². The third-order valence-corrected chi connectivity index (χ3v) is 7.76. The Hall–Kier alpha value is -0.0400. The first kappa shape index (κ1) is 8.97. The lowest BCUT2D eigenvalue weighted by molar-refractivity contribution is -0.0213. The van der Waals surface area contributed by atoms with Gasteiger partial charge in [-0.05, 0) is 74.0 Å². The molecule has 0 aromatic rings. The Balaban J connectivity index is 1.63. The van der Waals surface area contributed by atoms with Crippen LogP contribution in [0.2, 0.25) is 0 Å². The molecule has 8 unspecified atom stereocenters. The molecule has 5 aliphatic carbocycles. The van der Waals surface area contributed by atoms with E-state index in [-0.39, 0.29) is 5.60 Å². The van der Waals surface area contributed by atoms with Gasteiger partial charge < -0.3 is 5.11 Å². The second kappa shape index (κ2) is 2.25. The van der Waals surface area contributed by atoms with E-state index in [0.717, 1.165) is 41.9 Å². The van der Waals surface area contributed by atoms with E-state index < -0.39 is 0 Å².